The van der Waals surface area contributed by atoms with Crippen LogP contribution in [0.5, 0.6) is 0 Å². The first kappa shape index (κ1) is 14.2. The lowest BCUT2D eigenvalue weighted by Crippen LogP contribution is -2.21. The molecule has 2 aromatic rings. The number of benzene rings is 1. The molecule has 1 N–H and O–H groups in total. The maximum Gasteiger partial charge on any atom is 0.0946 e. The summed E-state index contributed by atoms with van der Waals surface area (Å²) in [5.74, 6) is 1.07. The van der Waals surface area contributed by atoms with Crippen molar-refractivity contribution in [1.29, 1.82) is 0 Å². The van der Waals surface area contributed by atoms with Crippen LogP contribution in [0.25, 0.3) is 0 Å². The van der Waals surface area contributed by atoms with Crippen LogP contribution in [0.3, 0.4) is 0 Å². The number of aromatic nitrogens is 2. The summed E-state index contributed by atoms with van der Waals surface area (Å²) in [5.41, 5.74) is 1.35. The van der Waals surface area contributed by atoms with E-state index in [1.807, 2.05) is 30.5 Å². The van der Waals surface area contributed by atoms with Crippen LogP contribution >= 0.6 is 11.8 Å². The Labute approximate surface area is 119 Å². The number of thioether (sulfide) groups is 1. The lowest BCUT2D eigenvalue weighted by molar-refractivity contribution is 0.588. The molecule has 0 fully saturated rings. The van der Waals surface area contributed by atoms with Gasteiger partial charge in [-0.2, -0.15) is 0 Å². The van der Waals surface area contributed by atoms with Crippen molar-refractivity contribution in [2.75, 3.05) is 5.75 Å². The standard InChI is InChI=1S/C15H21N3S/c1-13(2)17-11-14-4-3-5-15(10-14)19-9-8-18-7-6-16-12-18/h3-7,10,12-13,17H,8-9,11H2,1-2H3. The summed E-state index contributed by atoms with van der Waals surface area (Å²) in [6, 6.07) is 9.29. The van der Waals surface area contributed by atoms with Gasteiger partial charge in [-0.05, 0) is 17.7 Å². The van der Waals surface area contributed by atoms with Crippen LogP contribution in [0, 0.1) is 0 Å². The van der Waals surface area contributed by atoms with Crippen LogP contribution in [0.15, 0.2) is 47.9 Å². The number of nitrogens with zero attached hydrogens (tertiary/aromatic N) is 2. The second kappa shape index (κ2) is 7.36. The molecule has 0 bridgehead atoms. The molecule has 0 saturated heterocycles. The van der Waals surface area contributed by atoms with Crippen molar-refractivity contribution >= 4 is 11.8 Å². The molecule has 4 heteroatoms. The van der Waals surface area contributed by atoms with Gasteiger partial charge in [-0.3, -0.25) is 0 Å². The lowest BCUT2D eigenvalue weighted by Gasteiger charge is -2.09. The molecule has 2 rings (SSSR count). The third-order valence-corrected chi connectivity index (χ3v) is 3.76. The van der Waals surface area contributed by atoms with Crippen LogP contribution in [-0.4, -0.2) is 21.3 Å². The Hall–Kier alpha value is -1.26. The van der Waals surface area contributed by atoms with Gasteiger partial charge in [-0.1, -0.05) is 26.0 Å². The van der Waals surface area contributed by atoms with E-state index in [9.17, 15) is 0 Å². The number of rotatable bonds is 7. The molecule has 0 amide bonds. The van der Waals surface area contributed by atoms with Gasteiger partial charge >= 0.3 is 0 Å². The second-order valence-electron chi connectivity index (χ2n) is 4.83. The van der Waals surface area contributed by atoms with E-state index in [0.717, 1.165) is 18.8 Å². The van der Waals surface area contributed by atoms with Crippen LogP contribution in [0.4, 0.5) is 0 Å². The molecule has 0 unspecified atom stereocenters. The first-order chi connectivity index (χ1) is 9.24. The molecular formula is C15H21N3S. The highest BCUT2D eigenvalue weighted by molar-refractivity contribution is 7.99. The van der Waals surface area contributed by atoms with Crippen molar-refractivity contribution in [2.24, 2.45) is 0 Å². The van der Waals surface area contributed by atoms with E-state index in [1.54, 1.807) is 0 Å². The summed E-state index contributed by atoms with van der Waals surface area (Å²) in [7, 11) is 0. The van der Waals surface area contributed by atoms with Gasteiger partial charge in [-0.25, -0.2) is 4.98 Å². The molecule has 1 aromatic carbocycles. The van der Waals surface area contributed by atoms with Crippen molar-refractivity contribution < 1.29 is 0 Å². The fourth-order valence-corrected chi connectivity index (χ4v) is 2.70. The molecule has 0 spiro atoms. The number of aryl methyl sites for hydroxylation is 1. The normalized spacial score (nSPS) is 11.1. The molecule has 0 atom stereocenters. The lowest BCUT2D eigenvalue weighted by atomic mass is 10.2. The van der Waals surface area contributed by atoms with Gasteiger partial charge < -0.3 is 9.88 Å². The van der Waals surface area contributed by atoms with Crippen LogP contribution in [0.1, 0.15) is 19.4 Å². The predicted octanol–water partition coefficient (Wildman–Crippen LogP) is 3.17. The summed E-state index contributed by atoms with van der Waals surface area (Å²) in [4.78, 5) is 5.38. The number of hydrogen-bond acceptors (Lipinski definition) is 3. The fourth-order valence-electron chi connectivity index (χ4n) is 1.76. The van der Waals surface area contributed by atoms with E-state index in [0.29, 0.717) is 6.04 Å². The van der Waals surface area contributed by atoms with Crippen LogP contribution in [0.2, 0.25) is 0 Å². The molecule has 0 radical (unpaired) electrons. The second-order valence-corrected chi connectivity index (χ2v) is 6.00. The number of hydrogen-bond donors (Lipinski definition) is 1. The van der Waals surface area contributed by atoms with E-state index in [2.05, 4.69) is 53.0 Å². The molecule has 3 nitrogen and oxygen atoms in total. The monoisotopic (exact) mass is 275 g/mol. The van der Waals surface area contributed by atoms with Gasteiger partial charge in [0, 0.05) is 42.2 Å². The number of nitrogens with one attached hydrogen (secondary N) is 1. The first-order valence-electron chi connectivity index (χ1n) is 6.65. The van der Waals surface area contributed by atoms with Crippen LogP contribution in [-0.2, 0) is 13.1 Å². The summed E-state index contributed by atoms with van der Waals surface area (Å²) < 4.78 is 2.11. The molecular weight excluding hydrogens is 254 g/mol. The Balaban J connectivity index is 1.81. The smallest absolute Gasteiger partial charge is 0.0946 e. The maximum absolute atomic E-state index is 4.05. The van der Waals surface area contributed by atoms with Crippen molar-refractivity contribution in [3.8, 4) is 0 Å². The van der Waals surface area contributed by atoms with Gasteiger partial charge in [0.1, 0.15) is 0 Å². The van der Waals surface area contributed by atoms with E-state index >= 15 is 0 Å². The molecule has 1 aromatic heterocycles. The molecule has 102 valence electrons. The summed E-state index contributed by atoms with van der Waals surface area (Å²) in [6.45, 7) is 6.28. The summed E-state index contributed by atoms with van der Waals surface area (Å²) >= 11 is 1.89. The highest BCUT2D eigenvalue weighted by atomic mass is 32.2. The van der Waals surface area contributed by atoms with Crippen molar-refractivity contribution in [1.82, 2.24) is 14.9 Å². The first-order valence-corrected chi connectivity index (χ1v) is 7.63. The minimum atomic E-state index is 0.526. The van der Waals surface area contributed by atoms with Crippen molar-refractivity contribution in [3.63, 3.8) is 0 Å². The molecule has 19 heavy (non-hydrogen) atoms. The van der Waals surface area contributed by atoms with Gasteiger partial charge in [0.2, 0.25) is 0 Å². The average molecular weight is 275 g/mol. The van der Waals surface area contributed by atoms with Crippen LogP contribution < -0.4 is 5.32 Å². The van der Waals surface area contributed by atoms with Gasteiger partial charge in [0.05, 0.1) is 6.33 Å². The Bertz CT molecular complexity index is 480. The maximum atomic E-state index is 4.05. The predicted molar refractivity (Wildman–Crippen MR) is 81.4 cm³/mol. The Morgan fingerprint density at radius 3 is 3.00 bits per heavy atom. The molecule has 0 saturated carbocycles. The van der Waals surface area contributed by atoms with Gasteiger partial charge in [0.25, 0.3) is 0 Å². The quantitative estimate of drug-likeness (QED) is 0.787. The highest BCUT2D eigenvalue weighted by Gasteiger charge is 1.99. The SMILES string of the molecule is CC(C)NCc1cccc(SCCn2ccnc2)c1. The molecule has 0 aliphatic heterocycles. The average Bonchev–Trinajstić information content (AvgIpc) is 2.90. The van der Waals surface area contributed by atoms with Crippen molar-refractivity contribution in [3.05, 3.63) is 48.5 Å². The topological polar surface area (TPSA) is 29.9 Å². The van der Waals surface area contributed by atoms with Gasteiger partial charge in [-0.15, -0.1) is 11.8 Å². The van der Waals surface area contributed by atoms with Gasteiger partial charge in [0.15, 0.2) is 0 Å². The number of imidazole rings is 1. The minimum Gasteiger partial charge on any atom is -0.337 e. The third-order valence-electron chi connectivity index (χ3n) is 2.79. The Morgan fingerprint density at radius 2 is 2.26 bits per heavy atom. The minimum absolute atomic E-state index is 0.526. The van der Waals surface area contributed by atoms with E-state index in [-0.39, 0.29) is 0 Å². The molecule has 0 aliphatic rings. The molecule has 1 heterocycles. The zero-order valence-electron chi connectivity index (χ0n) is 11.5. The fraction of sp³-hybridized carbons (Fsp3) is 0.400. The zero-order chi connectivity index (χ0) is 13.5. The highest BCUT2D eigenvalue weighted by Crippen LogP contribution is 2.19. The van der Waals surface area contributed by atoms with E-state index in [4.69, 9.17) is 0 Å². The van der Waals surface area contributed by atoms with Crippen molar-refractivity contribution in [2.45, 2.75) is 37.9 Å². The zero-order valence-corrected chi connectivity index (χ0v) is 12.4. The Morgan fingerprint density at radius 1 is 1.37 bits per heavy atom. The largest absolute Gasteiger partial charge is 0.337 e. The van der Waals surface area contributed by atoms with E-state index < -0.39 is 0 Å². The Kier molecular flexibility index (Phi) is 5.48. The third kappa shape index (κ3) is 5.09. The van der Waals surface area contributed by atoms with E-state index in [1.165, 1.54) is 10.5 Å². The summed E-state index contributed by atoms with van der Waals surface area (Å²) in [6.07, 6.45) is 5.69. The molecule has 0 aliphatic carbocycles. The summed E-state index contributed by atoms with van der Waals surface area (Å²) in [5, 5.41) is 3.45.